The maximum atomic E-state index is 13.2. The maximum Gasteiger partial charge on any atom is 0.278 e. The molecule has 148 valence electrons. The number of aryl methyl sites for hydroxylation is 1. The first-order chi connectivity index (χ1) is 12.9. The first-order valence-corrected chi connectivity index (χ1v) is 11.1. The van der Waals surface area contributed by atoms with E-state index in [1.54, 1.807) is 4.57 Å². The van der Waals surface area contributed by atoms with E-state index >= 15 is 0 Å². The lowest BCUT2D eigenvalue weighted by Crippen LogP contribution is -2.38. The Balaban J connectivity index is 1.94. The molecule has 0 aliphatic heterocycles. The van der Waals surface area contributed by atoms with Crippen LogP contribution in [-0.2, 0) is 17.9 Å². The normalized spacial score (nSPS) is 15.6. The Morgan fingerprint density at radius 1 is 1.30 bits per heavy atom. The molecule has 0 bridgehead atoms. The van der Waals surface area contributed by atoms with Crippen LogP contribution in [0.25, 0.3) is 11.0 Å². The second-order valence-corrected chi connectivity index (χ2v) is 8.69. The molecule has 2 heterocycles. The molecule has 1 fully saturated rings. The standard InChI is InChI=1S/C20H30N4O2S/c1-13(2)11-24-19(26)18-16(22-20(24)27-4)10-14(3)23(18)12-17(25)21-15-8-6-5-7-9-15/h10,13,15H,5-9,11-12H2,1-4H3,(H,21,25). The molecule has 0 atom stereocenters. The van der Waals surface area contributed by atoms with E-state index in [1.807, 2.05) is 23.8 Å². The van der Waals surface area contributed by atoms with Crippen molar-refractivity contribution in [3.05, 3.63) is 22.1 Å². The third kappa shape index (κ3) is 4.39. The molecule has 2 aromatic heterocycles. The third-order valence-electron chi connectivity index (χ3n) is 5.18. The molecule has 2 aromatic rings. The Morgan fingerprint density at radius 3 is 2.63 bits per heavy atom. The number of aromatic nitrogens is 3. The van der Waals surface area contributed by atoms with Gasteiger partial charge in [-0.3, -0.25) is 14.2 Å². The first-order valence-electron chi connectivity index (χ1n) is 9.84. The molecule has 6 nitrogen and oxygen atoms in total. The number of carbonyl (C=O) groups is 1. The molecule has 27 heavy (non-hydrogen) atoms. The van der Waals surface area contributed by atoms with E-state index in [-0.39, 0.29) is 24.1 Å². The maximum absolute atomic E-state index is 13.2. The molecule has 0 radical (unpaired) electrons. The number of nitrogens with one attached hydrogen (secondary N) is 1. The van der Waals surface area contributed by atoms with Gasteiger partial charge in [-0.1, -0.05) is 44.9 Å². The summed E-state index contributed by atoms with van der Waals surface area (Å²) >= 11 is 1.48. The van der Waals surface area contributed by atoms with Gasteiger partial charge in [-0.15, -0.1) is 0 Å². The number of thioether (sulfide) groups is 1. The highest BCUT2D eigenvalue weighted by Crippen LogP contribution is 2.21. The van der Waals surface area contributed by atoms with E-state index in [9.17, 15) is 9.59 Å². The topological polar surface area (TPSA) is 68.9 Å². The quantitative estimate of drug-likeness (QED) is 0.607. The van der Waals surface area contributed by atoms with E-state index in [4.69, 9.17) is 0 Å². The minimum Gasteiger partial charge on any atom is -0.352 e. The molecule has 3 rings (SSSR count). The van der Waals surface area contributed by atoms with Crippen LogP contribution in [0.5, 0.6) is 0 Å². The molecule has 1 aliphatic carbocycles. The Morgan fingerprint density at radius 2 is 2.00 bits per heavy atom. The molecule has 0 unspecified atom stereocenters. The molecule has 1 N–H and O–H groups in total. The number of nitrogens with zero attached hydrogens (tertiary/aromatic N) is 3. The van der Waals surface area contributed by atoms with Crippen LogP contribution in [0, 0.1) is 12.8 Å². The zero-order valence-corrected chi connectivity index (χ0v) is 17.6. The summed E-state index contributed by atoms with van der Waals surface area (Å²) in [5.74, 6) is 0.318. The lowest BCUT2D eigenvalue weighted by atomic mass is 9.95. The van der Waals surface area contributed by atoms with E-state index in [0.29, 0.717) is 23.5 Å². The van der Waals surface area contributed by atoms with Crippen molar-refractivity contribution in [2.24, 2.45) is 5.92 Å². The molecular weight excluding hydrogens is 360 g/mol. The fourth-order valence-corrected chi connectivity index (χ4v) is 4.46. The number of amides is 1. The Kier molecular flexibility index (Phi) is 6.29. The zero-order chi connectivity index (χ0) is 19.6. The van der Waals surface area contributed by atoms with E-state index < -0.39 is 0 Å². The summed E-state index contributed by atoms with van der Waals surface area (Å²) in [6.07, 6.45) is 7.65. The van der Waals surface area contributed by atoms with E-state index in [2.05, 4.69) is 24.1 Å². The summed E-state index contributed by atoms with van der Waals surface area (Å²) < 4.78 is 3.57. The summed E-state index contributed by atoms with van der Waals surface area (Å²) in [6, 6.07) is 2.18. The molecule has 7 heteroatoms. The van der Waals surface area contributed by atoms with Crippen molar-refractivity contribution >= 4 is 28.7 Å². The van der Waals surface area contributed by atoms with Crippen LogP contribution in [0.1, 0.15) is 51.6 Å². The second kappa shape index (κ2) is 8.50. The smallest absolute Gasteiger partial charge is 0.278 e. The monoisotopic (exact) mass is 390 g/mol. The van der Waals surface area contributed by atoms with Crippen LogP contribution in [0.3, 0.4) is 0 Å². The van der Waals surface area contributed by atoms with Gasteiger partial charge in [0.25, 0.3) is 5.56 Å². The first kappa shape index (κ1) is 20.0. The van der Waals surface area contributed by atoms with Gasteiger partial charge in [0.05, 0.1) is 5.52 Å². The van der Waals surface area contributed by atoms with E-state index in [1.165, 1.54) is 31.0 Å². The number of hydrogen-bond acceptors (Lipinski definition) is 4. The van der Waals surface area contributed by atoms with Crippen LogP contribution >= 0.6 is 11.8 Å². The van der Waals surface area contributed by atoms with Gasteiger partial charge in [-0.25, -0.2) is 4.98 Å². The molecular formula is C20H30N4O2S. The van der Waals surface area contributed by atoms with Gasteiger partial charge in [0.15, 0.2) is 5.16 Å². The van der Waals surface area contributed by atoms with Gasteiger partial charge in [-0.05, 0) is 38.0 Å². The molecule has 1 amide bonds. The van der Waals surface area contributed by atoms with Crippen molar-refractivity contribution in [3.8, 4) is 0 Å². The predicted molar refractivity (Wildman–Crippen MR) is 110 cm³/mol. The summed E-state index contributed by atoms with van der Waals surface area (Å²) in [5.41, 5.74) is 2.04. The highest BCUT2D eigenvalue weighted by atomic mass is 32.2. The average molecular weight is 391 g/mol. The Labute approximate surface area is 164 Å². The predicted octanol–water partition coefficient (Wildman–Crippen LogP) is 3.33. The van der Waals surface area contributed by atoms with Crippen LogP contribution < -0.4 is 10.9 Å². The largest absolute Gasteiger partial charge is 0.352 e. The van der Waals surface area contributed by atoms with Crippen molar-refractivity contribution in [3.63, 3.8) is 0 Å². The molecule has 0 aromatic carbocycles. The number of fused-ring (bicyclic) bond motifs is 1. The fraction of sp³-hybridized carbons (Fsp3) is 0.650. The summed E-state index contributed by atoms with van der Waals surface area (Å²) in [7, 11) is 0. The Hall–Kier alpha value is -1.76. The highest BCUT2D eigenvalue weighted by molar-refractivity contribution is 7.98. The minimum atomic E-state index is -0.0587. The van der Waals surface area contributed by atoms with Crippen molar-refractivity contribution in [2.45, 2.75) is 77.2 Å². The molecule has 1 aliphatic rings. The summed E-state index contributed by atoms with van der Waals surface area (Å²) in [6.45, 7) is 6.89. The van der Waals surface area contributed by atoms with Gasteiger partial charge < -0.3 is 9.88 Å². The van der Waals surface area contributed by atoms with Gasteiger partial charge in [-0.2, -0.15) is 0 Å². The summed E-state index contributed by atoms with van der Waals surface area (Å²) in [4.78, 5) is 30.5. The van der Waals surface area contributed by atoms with Gasteiger partial charge >= 0.3 is 0 Å². The minimum absolute atomic E-state index is 0.0220. The SMILES string of the molecule is CSc1nc2cc(C)n(CC(=O)NC3CCCCC3)c2c(=O)n1CC(C)C. The van der Waals surface area contributed by atoms with Crippen LogP contribution in [-0.4, -0.2) is 32.3 Å². The number of rotatable bonds is 6. The highest BCUT2D eigenvalue weighted by Gasteiger charge is 2.20. The van der Waals surface area contributed by atoms with E-state index in [0.717, 1.165) is 23.7 Å². The molecule has 1 saturated carbocycles. The van der Waals surface area contributed by atoms with Crippen molar-refractivity contribution in [1.82, 2.24) is 19.4 Å². The van der Waals surface area contributed by atoms with Gasteiger partial charge in [0.1, 0.15) is 12.1 Å². The Bertz CT molecular complexity index is 878. The van der Waals surface area contributed by atoms with Crippen molar-refractivity contribution in [2.75, 3.05) is 6.26 Å². The van der Waals surface area contributed by atoms with Gasteiger partial charge in [0, 0.05) is 18.3 Å². The lowest BCUT2D eigenvalue weighted by molar-refractivity contribution is -0.122. The van der Waals surface area contributed by atoms with Crippen molar-refractivity contribution < 1.29 is 4.79 Å². The zero-order valence-electron chi connectivity index (χ0n) is 16.7. The average Bonchev–Trinajstić information content (AvgIpc) is 2.93. The number of carbonyl (C=O) groups excluding carboxylic acids is 1. The molecule has 0 spiro atoms. The van der Waals surface area contributed by atoms with Gasteiger partial charge in [0.2, 0.25) is 5.91 Å². The van der Waals surface area contributed by atoms with Crippen LogP contribution in [0.2, 0.25) is 0 Å². The second-order valence-electron chi connectivity index (χ2n) is 7.92. The van der Waals surface area contributed by atoms with Crippen molar-refractivity contribution in [1.29, 1.82) is 0 Å². The van der Waals surface area contributed by atoms with Crippen LogP contribution in [0.15, 0.2) is 16.0 Å². The summed E-state index contributed by atoms with van der Waals surface area (Å²) in [5, 5.41) is 3.87. The third-order valence-corrected chi connectivity index (χ3v) is 5.86. The molecule has 0 saturated heterocycles. The number of hydrogen-bond donors (Lipinski definition) is 1. The fourth-order valence-electron chi connectivity index (χ4n) is 3.90. The van der Waals surface area contributed by atoms with Crippen LogP contribution in [0.4, 0.5) is 0 Å². The lowest BCUT2D eigenvalue weighted by Gasteiger charge is -2.23.